The van der Waals surface area contributed by atoms with Gasteiger partial charge in [-0.3, -0.25) is 9.97 Å². The van der Waals surface area contributed by atoms with Gasteiger partial charge in [0, 0.05) is 18.0 Å². The minimum Gasteiger partial charge on any atom is -0.449 e. The fraction of sp³-hybridized carbons (Fsp3) is 0.105. The van der Waals surface area contributed by atoms with Crippen LogP contribution in [0.15, 0.2) is 59.3 Å². The van der Waals surface area contributed by atoms with Gasteiger partial charge in [-0.2, -0.15) is 0 Å². The number of rotatable bonds is 4. The summed E-state index contributed by atoms with van der Waals surface area (Å²) in [5, 5.41) is 7.81. The van der Waals surface area contributed by atoms with Crippen LogP contribution >= 0.6 is 0 Å². The first kappa shape index (κ1) is 16.8. The first-order valence-electron chi connectivity index (χ1n) is 8.11. The lowest BCUT2D eigenvalue weighted by Gasteiger charge is -2.09. The van der Waals surface area contributed by atoms with Crippen LogP contribution in [0.4, 0.5) is 4.39 Å². The number of fused-ring (bicyclic) bond motifs is 1. The number of carbonyl (C=O) groups is 1. The molecule has 0 fully saturated rings. The van der Waals surface area contributed by atoms with Crippen molar-refractivity contribution < 1.29 is 18.3 Å². The Morgan fingerprint density at radius 1 is 1.04 bits per heavy atom. The lowest BCUT2D eigenvalue weighted by atomic mass is 10.2. The Labute approximate surface area is 152 Å². The monoisotopic (exact) mass is 364 g/mol. The van der Waals surface area contributed by atoms with Crippen molar-refractivity contribution in [3.63, 3.8) is 0 Å². The molecule has 0 radical (unpaired) electrons. The van der Waals surface area contributed by atoms with Crippen LogP contribution in [0.3, 0.4) is 0 Å². The van der Waals surface area contributed by atoms with Gasteiger partial charge in [-0.15, -0.1) is 10.2 Å². The van der Waals surface area contributed by atoms with Crippen LogP contribution in [0.2, 0.25) is 0 Å². The Kier molecular flexibility index (Phi) is 4.29. The van der Waals surface area contributed by atoms with Gasteiger partial charge in [-0.1, -0.05) is 0 Å². The third-order valence-electron chi connectivity index (χ3n) is 3.87. The second-order valence-electron chi connectivity index (χ2n) is 5.76. The van der Waals surface area contributed by atoms with Crippen molar-refractivity contribution in [3.8, 4) is 11.5 Å². The molecule has 0 N–H and O–H groups in total. The molecule has 0 amide bonds. The van der Waals surface area contributed by atoms with E-state index in [1.54, 1.807) is 37.5 Å². The first-order valence-corrected chi connectivity index (χ1v) is 8.11. The van der Waals surface area contributed by atoms with E-state index in [4.69, 9.17) is 9.15 Å². The fourth-order valence-corrected chi connectivity index (χ4v) is 2.48. The molecule has 0 aliphatic rings. The highest BCUT2D eigenvalue weighted by molar-refractivity contribution is 5.93. The highest BCUT2D eigenvalue weighted by atomic mass is 19.1. The van der Waals surface area contributed by atoms with Gasteiger partial charge in [-0.05, 0) is 49.4 Å². The molecule has 7 nitrogen and oxygen atoms in total. The summed E-state index contributed by atoms with van der Waals surface area (Å²) < 4.78 is 23.9. The van der Waals surface area contributed by atoms with E-state index in [1.807, 2.05) is 0 Å². The van der Waals surface area contributed by atoms with Gasteiger partial charge in [0.15, 0.2) is 6.10 Å². The molecule has 2 aromatic heterocycles. The van der Waals surface area contributed by atoms with Gasteiger partial charge < -0.3 is 9.15 Å². The average molecular weight is 364 g/mol. The summed E-state index contributed by atoms with van der Waals surface area (Å²) in [6.07, 6.45) is 2.38. The summed E-state index contributed by atoms with van der Waals surface area (Å²) in [5.74, 6) is -0.547. The van der Waals surface area contributed by atoms with Crippen LogP contribution in [0, 0.1) is 5.82 Å². The summed E-state index contributed by atoms with van der Waals surface area (Å²) in [6.45, 7) is 1.63. The molecular formula is C19H13FN4O3. The molecule has 1 atom stereocenters. The highest BCUT2D eigenvalue weighted by Gasteiger charge is 2.20. The normalized spacial score (nSPS) is 12.1. The molecule has 2 aromatic carbocycles. The minimum absolute atomic E-state index is 0.142. The lowest BCUT2D eigenvalue weighted by molar-refractivity contribution is 0.0280. The average Bonchev–Trinajstić information content (AvgIpc) is 3.18. The Bertz CT molecular complexity index is 1110. The van der Waals surface area contributed by atoms with Crippen LogP contribution < -0.4 is 0 Å². The largest absolute Gasteiger partial charge is 0.449 e. The zero-order valence-electron chi connectivity index (χ0n) is 14.2. The molecule has 0 bridgehead atoms. The second-order valence-corrected chi connectivity index (χ2v) is 5.76. The number of aromatic nitrogens is 4. The summed E-state index contributed by atoms with van der Waals surface area (Å²) in [6, 6.07) is 10.6. The van der Waals surface area contributed by atoms with Gasteiger partial charge in [0.1, 0.15) is 5.82 Å². The van der Waals surface area contributed by atoms with Crippen LogP contribution in [0.25, 0.3) is 22.5 Å². The highest BCUT2D eigenvalue weighted by Crippen LogP contribution is 2.23. The Morgan fingerprint density at radius 2 is 1.78 bits per heavy atom. The zero-order valence-corrected chi connectivity index (χ0v) is 14.2. The zero-order chi connectivity index (χ0) is 18.8. The molecule has 0 aliphatic carbocycles. The minimum atomic E-state index is -0.753. The van der Waals surface area contributed by atoms with Crippen molar-refractivity contribution in [1.29, 1.82) is 0 Å². The van der Waals surface area contributed by atoms with Gasteiger partial charge in [0.2, 0.25) is 5.89 Å². The number of halogens is 1. The van der Waals surface area contributed by atoms with Gasteiger partial charge >= 0.3 is 5.97 Å². The van der Waals surface area contributed by atoms with Gasteiger partial charge in [0.25, 0.3) is 5.89 Å². The number of nitrogens with zero attached hydrogens (tertiary/aromatic N) is 4. The topological polar surface area (TPSA) is 91.0 Å². The van der Waals surface area contributed by atoms with Crippen molar-refractivity contribution in [2.24, 2.45) is 0 Å². The molecule has 2 heterocycles. The van der Waals surface area contributed by atoms with Crippen molar-refractivity contribution in [3.05, 3.63) is 72.1 Å². The molecule has 27 heavy (non-hydrogen) atoms. The Morgan fingerprint density at radius 3 is 2.56 bits per heavy atom. The summed E-state index contributed by atoms with van der Waals surface area (Å²) in [5.41, 5.74) is 2.19. The molecule has 4 rings (SSSR count). The summed E-state index contributed by atoms with van der Waals surface area (Å²) >= 11 is 0. The smallest absolute Gasteiger partial charge is 0.338 e. The predicted molar refractivity (Wildman–Crippen MR) is 93.1 cm³/mol. The molecular weight excluding hydrogens is 351 g/mol. The molecule has 0 spiro atoms. The number of hydrogen-bond acceptors (Lipinski definition) is 7. The number of hydrogen-bond donors (Lipinski definition) is 0. The van der Waals surface area contributed by atoms with E-state index in [0.717, 1.165) is 0 Å². The Hall–Kier alpha value is -3.68. The quantitative estimate of drug-likeness (QED) is 0.509. The van der Waals surface area contributed by atoms with Crippen molar-refractivity contribution >= 4 is 17.0 Å². The fourth-order valence-electron chi connectivity index (χ4n) is 2.48. The maximum atomic E-state index is 13.0. The first-order chi connectivity index (χ1) is 13.1. The number of ether oxygens (including phenoxy) is 1. The number of esters is 1. The van der Waals surface area contributed by atoms with Crippen LogP contribution in [0.1, 0.15) is 29.3 Å². The molecule has 4 aromatic rings. The third-order valence-corrected chi connectivity index (χ3v) is 3.87. The number of carbonyl (C=O) groups excluding carboxylic acids is 1. The summed E-state index contributed by atoms with van der Waals surface area (Å²) in [4.78, 5) is 20.7. The predicted octanol–water partition coefficient (Wildman–Crippen LogP) is 3.74. The molecule has 8 heteroatoms. The van der Waals surface area contributed by atoms with Crippen molar-refractivity contribution in [2.45, 2.75) is 13.0 Å². The van der Waals surface area contributed by atoms with E-state index in [2.05, 4.69) is 20.2 Å². The molecule has 0 saturated heterocycles. The van der Waals surface area contributed by atoms with E-state index in [9.17, 15) is 9.18 Å². The van der Waals surface area contributed by atoms with E-state index in [-0.39, 0.29) is 17.6 Å². The third kappa shape index (κ3) is 3.50. The van der Waals surface area contributed by atoms with Crippen LogP contribution in [-0.4, -0.2) is 26.1 Å². The number of benzene rings is 2. The Balaban J connectivity index is 1.50. The van der Waals surface area contributed by atoms with Crippen molar-refractivity contribution in [1.82, 2.24) is 20.2 Å². The maximum absolute atomic E-state index is 13.0. The van der Waals surface area contributed by atoms with Gasteiger partial charge in [-0.25, -0.2) is 9.18 Å². The van der Waals surface area contributed by atoms with E-state index >= 15 is 0 Å². The van der Waals surface area contributed by atoms with E-state index < -0.39 is 12.1 Å². The van der Waals surface area contributed by atoms with Gasteiger partial charge in [0.05, 0.1) is 16.6 Å². The van der Waals surface area contributed by atoms with E-state index in [1.165, 1.54) is 24.3 Å². The van der Waals surface area contributed by atoms with Crippen LogP contribution in [0.5, 0.6) is 0 Å². The summed E-state index contributed by atoms with van der Waals surface area (Å²) in [7, 11) is 0. The second kappa shape index (κ2) is 6.91. The van der Waals surface area contributed by atoms with Crippen LogP contribution in [-0.2, 0) is 4.74 Å². The standard InChI is InChI=1S/C19H13FN4O3/c1-11(17-23-24-18(27-17)12-2-5-14(20)6-3-12)26-19(25)13-4-7-15-16(10-13)22-9-8-21-15/h2-11H,1H3/t11-/m1/s1. The maximum Gasteiger partial charge on any atom is 0.338 e. The molecule has 0 unspecified atom stereocenters. The van der Waals surface area contributed by atoms with Crippen molar-refractivity contribution in [2.75, 3.05) is 0 Å². The SMILES string of the molecule is C[C@@H](OC(=O)c1ccc2nccnc2c1)c1nnc(-c2ccc(F)cc2)o1. The van der Waals surface area contributed by atoms with E-state index in [0.29, 0.717) is 22.2 Å². The lowest BCUT2D eigenvalue weighted by Crippen LogP contribution is -2.09. The molecule has 0 aliphatic heterocycles. The molecule has 134 valence electrons. The molecule has 0 saturated carbocycles.